The normalized spacial score (nSPS) is 13.0. The number of aromatic nitrogens is 2. The van der Waals surface area contributed by atoms with E-state index < -0.39 is 51.5 Å². The Morgan fingerprint density at radius 2 is 1.91 bits per heavy atom. The number of nitrogens with two attached hydrogens (primary N) is 1. The van der Waals surface area contributed by atoms with Gasteiger partial charge in [0.2, 0.25) is 0 Å². The van der Waals surface area contributed by atoms with Crippen molar-refractivity contribution in [1.29, 1.82) is 5.26 Å². The predicted octanol–water partition coefficient (Wildman–Crippen LogP) is 4.06. The summed E-state index contributed by atoms with van der Waals surface area (Å²) in [7, 11) is 0. The van der Waals surface area contributed by atoms with Crippen molar-refractivity contribution in [3.63, 3.8) is 0 Å². The second-order valence-corrected chi connectivity index (χ2v) is 5.04. The minimum absolute atomic E-state index is 0.347. The van der Waals surface area contributed by atoms with Crippen molar-refractivity contribution in [3.05, 3.63) is 34.4 Å². The Morgan fingerprint density at radius 3 is 2.43 bits per heavy atom. The Labute approximate surface area is 131 Å². The van der Waals surface area contributed by atoms with Crippen LogP contribution in [0.25, 0.3) is 11.3 Å². The van der Waals surface area contributed by atoms with Crippen molar-refractivity contribution >= 4 is 17.4 Å². The quantitative estimate of drug-likeness (QED) is 0.656. The van der Waals surface area contributed by atoms with Crippen molar-refractivity contribution in [2.24, 2.45) is 0 Å². The number of anilines is 1. The first-order chi connectivity index (χ1) is 10.6. The molecule has 0 aliphatic heterocycles. The van der Waals surface area contributed by atoms with Crippen molar-refractivity contribution in [2.75, 3.05) is 5.73 Å². The molecule has 0 amide bonds. The lowest BCUT2D eigenvalue weighted by molar-refractivity contribution is -0.164. The number of halogens is 6. The topological polar surface area (TPSA) is 67.6 Å². The van der Waals surface area contributed by atoms with Crippen LogP contribution >= 0.6 is 11.6 Å². The number of rotatable bonds is 2. The number of hydrogen-bond acceptors (Lipinski definition) is 3. The lowest BCUT2D eigenvalue weighted by Gasteiger charge is -2.17. The van der Waals surface area contributed by atoms with Gasteiger partial charge in [-0.15, -0.1) is 0 Å². The number of nitriles is 1. The molecule has 1 aromatic carbocycles. The van der Waals surface area contributed by atoms with Gasteiger partial charge in [-0.25, -0.2) is 13.5 Å². The van der Waals surface area contributed by atoms with Crippen LogP contribution in [0.1, 0.15) is 18.5 Å². The molecule has 2 N–H and O–H groups in total. The standard InChI is InChI=1S/C13H8ClF5N4/c1-5(13(17,18)19)23-12(21)7(4-20)11(22-23)6-2-10(16)8(14)3-9(6)15/h2-3,5H,21H2,1H3. The van der Waals surface area contributed by atoms with Crippen molar-refractivity contribution < 1.29 is 22.0 Å². The summed E-state index contributed by atoms with van der Waals surface area (Å²) in [5.41, 5.74) is 4.02. The van der Waals surface area contributed by atoms with E-state index >= 15 is 0 Å². The molecular weight excluding hydrogens is 343 g/mol. The summed E-state index contributed by atoms with van der Waals surface area (Å²) >= 11 is 5.41. The molecule has 10 heteroatoms. The van der Waals surface area contributed by atoms with E-state index in [1.165, 1.54) is 0 Å². The van der Waals surface area contributed by atoms with Gasteiger partial charge in [0.15, 0.2) is 0 Å². The van der Waals surface area contributed by atoms with E-state index in [2.05, 4.69) is 5.10 Å². The lowest BCUT2D eigenvalue weighted by Crippen LogP contribution is -2.25. The Morgan fingerprint density at radius 1 is 1.30 bits per heavy atom. The Hall–Kier alpha value is -2.34. The van der Waals surface area contributed by atoms with Crippen LogP contribution in [0.4, 0.5) is 27.8 Å². The van der Waals surface area contributed by atoms with Crippen LogP contribution < -0.4 is 5.73 Å². The van der Waals surface area contributed by atoms with Gasteiger partial charge in [-0.3, -0.25) is 0 Å². The van der Waals surface area contributed by atoms with Crippen LogP contribution in [0.3, 0.4) is 0 Å². The van der Waals surface area contributed by atoms with Crippen LogP contribution in [0.2, 0.25) is 5.02 Å². The maximum absolute atomic E-state index is 13.9. The molecule has 2 aromatic rings. The second kappa shape index (κ2) is 5.70. The summed E-state index contributed by atoms with van der Waals surface area (Å²) in [5, 5.41) is 12.1. The molecule has 1 atom stereocenters. The fraction of sp³-hybridized carbons (Fsp3) is 0.231. The summed E-state index contributed by atoms with van der Waals surface area (Å²) < 4.78 is 66.2. The zero-order valence-corrected chi connectivity index (χ0v) is 12.2. The smallest absolute Gasteiger partial charge is 0.383 e. The van der Waals surface area contributed by atoms with Crippen molar-refractivity contribution in [2.45, 2.75) is 19.1 Å². The molecule has 0 aliphatic rings. The average Bonchev–Trinajstić information content (AvgIpc) is 2.77. The van der Waals surface area contributed by atoms with E-state index in [-0.39, 0.29) is 0 Å². The van der Waals surface area contributed by atoms with Gasteiger partial charge in [-0.1, -0.05) is 11.6 Å². The molecule has 2 rings (SSSR count). The maximum Gasteiger partial charge on any atom is 0.410 e. The van der Waals surface area contributed by atoms with Gasteiger partial charge in [-0.2, -0.15) is 23.5 Å². The zero-order chi connectivity index (χ0) is 17.5. The van der Waals surface area contributed by atoms with Gasteiger partial charge in [0, 0.05) is 5.56 Å². The highest BCUT2D eigenvalue weighted by Gasteiger charge is 2.40. The third-order valence-corrected chi connectivity index (χ3v) is 3.45. The fourth-order valence-corrected chi connectivity index (χ4v) is 2.03. The molecule has 0 spiro atoms. The van der Waals surface area contributed by atoms with Crippen LogP contribution in [0.5, 0.6) is 0 Å². The van der Waals surface area contributed by atoms with E-state index in [0.29, 0.717) is 16.8 Å². The number of nitrogen functional groups attached to an aromatic ring is 1. The van der Waals surface area contributed by atoms with Crippen LogP contribution in [-0.2, 0) is 0 Å². The largest absolute Gasteiger partial charge is 0.410 e. The average molecular weight is 351 g/mol. The summed E-state index contributed by atoms with van der Waals surface area (Å²) in [6.07, 6.45) is -4.69. The number of benzene rings is 1. The van der Waals surface area contributed by atoms with Crippen LogP contribution in [0.15, 0.2) is 12.1 Å². The minimum atomic E-state index is -4.69. The molecule has 1 aromatic heterocycles. The van der Waals surface area contributed by atoms with Crippen molar-refractivity contribution in [3.8, 4) is 17.3 Å². The van der Waals surface area contributed by atoms with Gasteiger partial charge in [0.05, 0.1) is 5.02 Å². The van der Waals surface area contributed by atoms with Gasteiger partial charge in [-0.05, 0) is 19.1 Å². The molecule has 1 heterocycles. The highest BCUT2D eigenvalue weighted by molar-refractivity contribution is 6.30. The van der Waals surface area contributed by atoms with Gasteiger partial charge in [0.25, 0.3) is 0 Å². The predicted molar refractivity (Wildman–Crippen MR) is 72.5 cm³/mol. The first-order valence-corrected chi connectivity index (χ1v) is 6.45. The number of nitrogens with zero attached hydrogens (tertiary/aromatic N) is 3. The molecule has 122 valence electrons. The zero-order valence-electron chi connectivity index (χ0n) is 11.4. The first kappa shape index (κ1) is 17.0. The van der Waals surface area contributed by atoms with E-state index in [1.807, 2.05) is 0 Å². The molecule has 0 fully saturated rings. The van der Waals surface area contributed by atoms with Crippen LogP contribution in [0, 0.1) is 23.0 Å². The fourth-order valence-electron chi connectivity index (χ4n) is 1.88. The van der Waals surface area contributed by atoms with Crippen molar-refractivity contribution in [1.82, 2.24) is 9.78 Å². The molecule has 0 saturated carbocycles. The van der Waals surface area contributed by atoms with E-state index in [0.717, 1.165) is 6.92 Å². The Bertz CT molecular complexity index is 806. The summed E-state index contributed by atoms with van der Waals surface area (Å²) in [6.45, 7) is 0.771. The second-order valence-electron chi connectivity index (χ2n) is 4.63. The molecule has 0 aliphatic carbocycles. The minimum Gasteiger partial charge on any atom is -0.383 e. The highest BCUT2D eigenvalue weighted by Crippen LogP contribution is 2.36. The maximum atomic E-state index is 13.9. The molecule has 4 nitrogen and oxygen atoms in total. The van der Waals surface area contributed by atoms with Gasteiger partial charge in [0.1, 0.15) is 40.8 Å². The van der Waals surface area contributed by atoms with E-state index in [1.54, 1.807) is 6.07 Å². The molecular formula is C13H8ClF5N4. The highest BCUT2D eigenvalue weighted by atomic mass is 35.5. The summed E-state index contributed by atoms with van der Waals surface area (Å²) in [6, 6.07) is 0.680. The monoisotopic (exact) mass is 350 g/mol. The molecule has 1 unspecified atom stereocenters. The lowest BCUT2D eigenvalue weighted by atomic mass is 10.1. The van der Waals surface area contributed by atoms with Crippen LogP contribution in [-0.4, -0.2) is 16.0 Å². The number of alkyl halides is 3. The van der Waals surface area contributed by atoms with Gasteiger partial charge < -0.3 is 5.73 Å². The summed E-state index contributed by atoms with van der Waals surface area (Å²) in [4.78, 5) is 0. The molecule has 0 bridgehead atoms. The van der Waals surface area contributed by atoms with E-state index in [9.17, 15) is 22.0 Å². The third kappa shape index (κ3) is 2.94. The van der Waals surface area contributed by atoms with E-state index in [4.69, 9.17) is 22.6 Å². The Balaban J connectivity index is 2.71. The SMILES string of the molecule is CC(n1nc(-c2cc(F)c(Cl)cc2F)c(C#N)c1N)C(F)(F)F. The van der Waals surface area contributed by atoms with Gasteiger partial charge >= 0.3 is 6.18 Å². The Kier molecular flexibility index (Phi) is 4.22. The summed E-state index contributed by atoms with van der Waals surface area (Å²) in [5.74, 6) is -2.65. The molecule has 23 heavy (non-hydrogen) atoms. The molecule has 0 radical (unpaired) electrons. The first-order valence-electron chi connectivity index (χ1n) is 6.07. The number of hydrogen-bond donors (Lipinski definition) is 1. The molecule has 0 saturated heterocycles. The third-order valence-electron chi connectivity index (χ3n) is 3.16.